The molecule has 0 spiro atoms. The predicted molar refractivity (Wildman–Crippen MR) is 63.2 cm³/mol. The van der Waals surface area contributed by atoms with Crippen LogP contribution in [-0.2, 0) is 0 Å². The van der Waals surface area contributed by atoms with Gasteiger partial charge < -0.3 is 27.0 Å². The standard InChI is InChI=1S/C11H21N3O2/c1-14-7-8-6-9(12)2-4-11(8,13)5-3-10(15)16/h2,4,6,8,10,14-16H,3,5,7,12-13H2,1H3. The van der Waals surface area contributed by atoms with Crippen molar-refractivity contribution in [3.63, 3.8) is 0 Å². The van der Waals surface area contributed by atoms with Crippen molar-refractivity contribution in [1.29, 1.82) is 0 Å². The molecule has 1 rings (SSSR count). The Morgan fingerprint density at radius 1 is 1.56 bits per heavy atom. The molecule has 2 unspecified atom stereocenters. The number of hydrogen-bond acceptors (Lipinski definition) is 5. The Morgan fingerprint density at radius 2 is 2.25 bits per heavy atom. The maximum absolute atomic E-state index is 8.89. The van der Waals surface area contributed by atoms with Crippen LogP contribution in [0.2, 0.25) is 0 Å². The van der Waals surface area contributed by atoms with E-state index >= 15 is 0 Å². The van der Waals surface area contributed by atoms with Crippen LogP contribution in [0, 0.1) is 5.92 Å². The summed E-state index contributed by atoms with van der Waals surface area (Å²) in [6, 6.07) is 0. The molecule has 5 nitrogen and oxygen atoms in total. The van der Waals surface area contributed by atoms with E-state index in [1.165, 1.54) is 0 Å². The Kier molecular flexibility index (Phi) is 4.49. The molecule has 0 radical (unpaired) electrons. The van der Waals surface area contributed by atoms with Gasteiger partial charge in [0.2, 0.25) is 0 Å². The zero-order valence-corrected chi connectivity index (χ0v) is 9.56. The summed E-state index contributed by atoms with van der Waals surface area (Å²) in [5, 5.41) is 20.8. The molecule has 0 saturated heterocycles. The van der Waals surface area contributed by atoms with Crippen LogP contribution in [0.15, 0.2) is 23.9 Å². The van der Waals surface area contributed by atoms with Gasteiger partial charge in [0.15, 0.2) is 6.29 Å². The van der Waals surface area contributed by atoms with Crippen LogP contribution in [0.4, 0.5) is 0 Å². The smallest absolute Gasteiger partial charge is 0.151 e. The lowest BCUT2D eigenvalue weighted by Crippen LogP contribution is -2.50. The minimum atomic E-state index is -1.31. The first-order chi connectivity index (χ1) is 7.48. The Morgan fingerprint density at radius 3 is 2.81 bits per heavy atom. The number of hydrogen-bond donors (Lipinski definition) is 5. The number of aliphatic hydroxyl groups excluding tert-OH is 1. The van der Waals surface area contributed by atoms with E-state index in [9.17, 15) is 0 Å². The van der Waals surface area contributed by atoms with Gasteiger partial charge >= 0.3 is 0 Å². The SMILES string of the molecule is CNCC1C=C(N)C=CC1(N)CCC(O)O. The minimum Gasteiger partial charge on any atom is -0.399 e. The molecule has 92 valence electrons. The van der Waals surface area contributed by atoms with E-state index in [0.29, 0.717) is 18.7 Å². The topological polar surface area (TPSA) is 105 Å². The second-order valence-corrected chi connectivity index (χ2v) is 4.30. The van der Waals surface area contributed by atoms with E-state index in [0.717, 1.165) is 0 Å². The Balaban J connectivity index is 2.71. The van der Waals surface area contributed by atoms with E-state index < -0.39 is 11.8 Å². The number of nitrogens with one attached hydrogen (secondary N) is 1. The van der Waals surface area contributed by atoms with Crippen molar-refractivity contribution in [2.75, 3.05) is 13.6 Å². The van der Waals surface area contributed by atoms with Gasteiger partial charge in [-0.3, -0.25) is 0 Å². The highest BCUT2D eigenvalue weighted by Crippen LogP contribution is 2.28. The molecule has 0 heterocycles. The average molecular weight is 227 g/mol. The monoisotopic (exact) mass is 227 g/mol. The van der Waals surface area contributed by atoms with E-state index in [1.54, 1.807) is 6.08 Å². The number of rotatable bonds is 5. The van der Waals surface area contributed by atoms with Crippen molar-refractivity contribution in [2.24, 2.45) is 17.4 Å². The zero-order chi connectivity index (χ0) is 12.2. The molecule has 5 heteroatoms. The summed E-state index contributed by atoms with van der Waals surface area (Å²) in [6.45, 7) is 0.711. The lowest BCUT2D eigenvalue weighted by atomic mass is 9.77. The number of nitrogens with two attached hydrogens (primary N) is 2. The number of allylic oxidation sites excluding steroid dienone is 1. The van der Waals surface area contributed by atoms with E-state index in [-0.39, 0.29) is 12.3 Å². The first-order valence-corrected chi connectivity index (χ1v) is 5.44. The van der Waals surface area contributed by atoms with Crippen molar-refractivity contribution >= 4 is 0 Å². The maximum atomic E-state index is 8.89. The molecule has 0 aromatic rings. The quantitative estimate of drug-likeness (QED) is 0.388. The Bertz CT molecular complexity index is 289. The number of aliphatic hydroxyl groups is 2. The largest absolute Gasteiger partial charge is 0.399 e. The fraction of sp³-hybridized carbons (Fsp3) is 0.636. The summed E-state index contributed by atoms with van der Waals surface area (Å²) < 4.78 is 0. The highest BCUT2D eigenvalue weighted by Gasteiger charge is 2.32. The van der Waals surface area contributed by atoms with Crippen LogP contribution < -0.4 is 16.8 Å². The van der Waals surface area contributed by atoms with Gasteiger partial charge in [0.05, 0.1) is 0 Å². The molecule has 7 N–H and O–H groups in total. The van der Waals surface area contributed by atoms with E-state index in [1.807, 2.05) is 19.2 Å². The van der Waals surface area contributed by atoms with Gasteiger partial charge in [0.1, 0.15) is 0 Å². The first kappa shape index (κ1) is 13.2. The molecule has 0 aromatic carbocycles. The average Bonchev–Trinajstić information content (AvgIpc) is 2.22. The van der Waals surface area contributed by atoms with Gasteiger partial charge in [0.25, 0.3) is 0 Å². The first-order valence-electron chi connectivity index (χ1n) is 5.44. The summed E-state index contributed by atoms with van der Waals surface area (Å²) in [6.07, 6.45) is 5.00. The third-order valence-corrected chi connectivity index (χ3v) is 2.93. The molecule has 0 bridgehead atoms. The van der Waals surface area contributed by atoms with Crippen molar-refractivity contribution in [2.45, 2.75) is 24.7 Å². The van der Waals surface area contributed by atoms with Crippen molar-refractivity contribution in [3.05, 3.63) is 23.9 Å². The van der Waals surface area contributed by atoms with Crippen LogP contribution in [0.3, 0.4) is 0 Å². The Hall–Kier alpha value is -0.880. The zero-order valence-electron chi connectivity index (χ0n) is 9.56. The molecule has 0 fully saturated rings. The van der Waals surface area contributed by atoms with Gasteiger partial charge in [-0.05, 0) is 26.0 Å². The van der Waals surface area contributed by atoms with E-state index in [4.69, 9.17) is 21.7 Å². The van der Waals surface area contributed by atoms with Gasteiger partial charge in [-0.25, -0.2) is 0 Å². The lowest BCUT2D eigenvalue weighted by molar-refractivity contribution is -0.0496. The molecule has 0 saturated carbocycles. The fourth-order valence-corrected chi connectivity index (χ4v) is 1.93. The second-order valence-electron chi connectivity index (χ2n) is 4.30. The lowest BCUT2D eigenvalue weighted by Gasteiger charge is -2.36. The van der Waals surface area contributed by atoms with Crippen molar-refractivity contribution in [3.8, 4) is 0 Å². The highest BCUT2D eigenvalue weighted by molar-refractivity contribution is 5.29. The molecule has 1 aliphatic rings. The molecule has 0 aromatic heterocycles. The van der Waals surface area contributed by atoms with Gasteiger partial charge in [-0.1, -0.05) is 12.2 Å². The second kappa shape index (κ2) is 5.45. The van der Waals surface area contributed by atoms with Crippen LogP contribution in [0.1, 0.15) is 12.8 Å². The molecule has 2 atom stereocenters. The normalized spacial score (nSPS) is 29.6. The van der Waals surface area contributed by atoms with Gasteiger partial charge in [0, 0.05) is 23.7 Å². The molecule has 1 aliphatic carbocycles. The molecule has 0 amide bonds. The highest BCUT2D eigenvalue weighted by atomic mass is 16.5. The summed E-state index contributed by atoms with van der Waals surface area (Å²) >= 11 is 0. The summed E-state index contributed by atoms with van der Waals surface area (Å²) in [7, 11) is 1.85. The van der Waals surface area contributed by atoms with Gasteiger partial charge in [-0.15, -0.1) is 0 Å². The Labute approximate surface area is 95.8 Å². The fourth-order valence-electron chi connectivity index (χ4n) is 1.93. The van der Waals surface area contributed by atoms with Gasteiger partial charge in [-0.2, -0.15) is 0 Å². The summed E-state index contributed by atoms with van der Waals surface area (Å²) in [4.78, 5) is 0. The molecule has 16 heavy (non-hydrogen) atoms. The molecule has 0 aliphatic heterocycles. The van der Waals surface area contributed by atoms with Crippen molar-refractivity contribution < 1.29 is 10.2 Å². The third-order valence-electron chi connectivity index (χ3n) is 2.93. The van der Waals surface area contributed by atoms with Crippen LogP contribution in [0.5, 0.6) is 0 Å². The van der Waals surface area contributed by atoms with Crippen LogP contribution in [0.25, 0.3) is 0 Å². The van der Waals surface area contributed by atoms with E-state index in [2.05, 4.69) is 5.32 Å². The molecular formula is C11H21N3O2. The van der Waals surface area contributed by atoms with Crippen LogP contribution in [-0.4, -0.2) is 35.6 Å². The summed E-state index contributed by atoms with van der Waals surface area (Å²) in [5.41, 5.74) is 12.1. The minimum absolute atomic E-state index is 0.0706. The maximum Gasteiger partial charge on any atom is 0.151 e. The summed E-state index contributed by atoms with van der Waals surface area (Å²) in [5.74, 6) is 0.0706. The third kappa shape index (κ3) is 3.31. The van der Waals surface area contributed by atoms with Crippen LogP contribution >= 0.6 is 0 Å². The molecular weight excluding hydrogens is 206 g/mol. The van der Waals surface area contributed by atoms with Crippen molar-refractivity contribution in [1.82, 2.24) is 5.32 Å². The predicted octanol–water partition coefficient (Wildman–Crippen LogP) is -0.977.